The third-order valence-electron chi connectivity index (χ3n) is 2.19. The summed E-state index contributed by atoms with van der Waals surface area (Å²) in [5, 5.41) is 0. The largest absolute Gasteiger partial charge is 0.330 e. The van der Waals surface area contributed by atoms with Crippen LogP contribution >= 0.6 is 0 Å². The van der Waals surface area contributed by atoms with Crippen molar-refractivity contribution in [1.82, 2.24) is 0 Å². The van der Waals surface area contributed by atoms with Crippen LogP contribution in [0.25, 0.3) is 0 Å². The fourth-order valence-electron chi connectivity index (χ4n) is 1.40. The second kappa shape index (κ2) is 4.35. The summed E-state index contributed by atoms with van der Waals surface area (Å²) in [6.45, 7) is 2.21. The Morgan fingerprint density at radius 2 is 2.00 bits per heavy atom. The van der Waals surface area contributed by atoms with E-state index in [-0.39, 0.29) is 17.8 Å². The van der Waals surface area contributed by atoms with E-state index in [1.807, 2.05) is 6.92 Å². The molecule has 13 heavy (non-hydrogen) atoms. The number of halogens is 1. The Morgan fingerprint density at radius 3 is 2.46 bits per heavy atom. The molecular weight excluding hydrogens is 167 g/mol. The topological polar surface area (TPSA) is 52.0 Å². The Morgan fingerprint density at radius 1 is 1.38 bits per heavy atom. The zero-order valence-corrected chi connectivity index (χ0v) is 7.70. The summed E-state index contributed by atoms with van der Waals surface area (Å²) >= 11 is 0. The van der Waals surface area contributed by atoms with E-state index in [9.17, 15) is 4.39 Å². The van der Waals surface area contributed by atoms with E-state index in [4.69, 9.17) is 11.5 Å². The van der Waals surface area contributed by atoms with Crippen LogP contribution in [-0.2, 0) is 0 Å². The van der Waals surface area contributed by atoms with Gasteiger partial charge in [-0.1, -0.05) is 18.2 Å². The number of nitrogens with two attached hydrogens (primary N) is 2. The molecule has 1 aromatic rings. The van der Waals surface area contributed by atoms with Crippen LogP contribution in [-0.4, -0.2) is 12.6 Å². The molecule has 1 aromatic carbocycles. The Bertz CT molecular complexity index is 273. The molecule has 0 radical (unpaired) electrons. The lowest BCUT2D eigenvalue weighted by atomic mass is 9.93. The highest BCUT2D eigenvalue weighted by Gasteiger charge is 2.17. The molecule has 2 unspecified atom stereocenters. The molecule has 2 nitrogen and oxygen atoms in total. The summed E-state index contributed by atoms with van der Waals surface area (Å²) in [6, 6.07) is 6.50. The molecule has 0 spiro atoms. The van der Waals surface area contributed by atoms with Crippen LogP contribution in [0.3, 0.4) is 0 Å². The lowest BCUT2D eigenvalue weighted by Crippen LogP contribution is -2.31. The molecule has 72 valence electrons. The second-order valence-electron chi connectivity index (χ2n) is 3.22. The van der Waals surface area contributed by atoms with Gasteiger partial charge in [0.2, 0.25) is 0 Å². The molecule has 2 atom stereocenters. The smallest absolute Gasteiger partial charge is 0.126 e. The molecule has 0 fully saturated rings. The van der Waals surface area contributed by atoms with Gasteiger partial charge in [0, 0.05) is 18.5 Å². The van der Waals surface area contributed by atoms with Crippen molar-refractivity contribution in [2.24, 2.45) is 11.5 Å². The van der Waals surface area contributed by atoms with Crippen LogP contribution in [0.4, 0.5) is 4.39 Å². The standard InChI is InChI=1S/C10H15FN2/c1-7(13)9(6-12)8-4-2-3-5-10(8)11/h2-5,7,9H,6,12-13H2,1H3. The highest BCUT2D eigenvalue weighted by atomic mass is 19.1. The van der Waals surface area contributed by atoms with Crippen LogP contribution < -0.4 is 11.5 Å². The van der Waals surface area contributed by atoms with Gasteiger partial charge in [-0.15, -0.1) is 0 Å². The minimum atomic E-state index is -0.227. The normalized spacial score (nSPS) is 15.4. The van der Waals surface area contributed by atoms with Gasteiger partial charge in [-0.05, 0) is 18.6 Å². The first-order chi connectivity index (χ1) is 6.16. The molecule has 0 aliphatic carbocycles. The monoisotopic (exact) mass is 182 g/mol. The molecule has 0 heterocycles. The quantitative estimate of drug-likeness (QED) is 0.738. The third kappa shape index (κ3) is 2.26. The summed E-state index contributed by atoms with van der Waals surface area (Å²) in [6.07, 6.45) is 0. The van der Waals surface area contributed by atoms with Gasteiger partial charge in [0.25, 0.3) is 0 Å². The zero-order chi connectivity index (χ0) is 9.84. The predicted molar refractivity (Wildman–Crippen MR) is 51.8 cm³/mol. The van der Waals surface area contributed by atoms with E-state index in [1.54, 1.807) is 18.2 Å². The first kappa shape index (κ1) is 10.2. The average molecular weight is 182 g/mol. The lowest BCUT2D eigenvalue weighted by molar-refractivity contribution is 0.529. The first-order valence-electron chi connectivity index (χ1n) is 4.37. The molecule has 4 N–H and O–H groups in total. The van der Waals surface area contributed by atoms with Gasteiger partial charge in [0.05, 0.1) is 0 Å². The summed E-state index contributed by atoms with van der Waals surface area (Å²) in [4.78, 5) is 0. The van der Waals surface area contributed by atoms with Crippen molar-refractivity contribution in [2.45, 2.75) is 18.9 Å². The van der Waals surface area contributed by atoms with Gasteiger partial charge in [-0.3, -0.25) is 0 Å². The van der Waals surface area contributed by atoms with E-state index in [1.165, 1.54) is 6.07 Å². The van der Waals surface area contributed by atoms with Crippen molar-refractivity contribution >= 4 is 0 Å². The van der Waals surface area contributed by atoms with Crippen molar-refractivity contribution < 1.29 is 4.39 Å². The molecule has 0 aliphatic rings. The van der Waals surface area contributed by atoms with E-state index in [0.717, 1.165) is 0 Å². The van der Waals surface area contributed by atoms with Gasteiger partial charge < -0.3 is 11.5 Å². The van der Waals surface area contributed by atoms with Crippen LogP contribution in [0, 0.1) is 5.82 Å². The van der Waals surface area contributed by atoms with E-state index in [0.29, 0.717) is 12.1 Å². The van der Waals surface area contributed by atoms with E-state index < -0.39 is 0 Å². The summed E-state index contributed by atoms with van der Waals surface area (Å²) in [5.41, 5.74) is 11.8. The summed E-state index contributed by atoms with van der Waals surface area (Å²) < 4.78 is 13.3. The maximum absolute atomic E-state index is 13.3. The number of hydrogen-bond acceptors (Lipinski definition) is 2. The van der Waals surface area contributed by atoms with Gasteiger partial charge in [0.15, 0.2) is 0 Å². The number of hydrogen-bond donors (Lipinski definition) is 2. The van der Waals surface area contributed by atoms with Gasteiger partial charge in [-0.25, -0.2) is 4.39 Å². The molecular formula is C10H15FN2. The van der Waals surface area contributed by atoms with E-state index >= 15 is 0 Å². The summed E-state index contributed by atoms with van der Waals surface area (Å²) in [7, 11) is 0. The average Bonchev–Trinajstić information content (AvgIpc) is 2.09. The van der Waals surface area contributed by atoms with Gasteiger partial charge >= 0.3 is 0 Å². The van der Waals surface area contributed by atoms with Crippen molar-refractivity contribution in [3.8, 4) is 0 Å². The fourth-order valence-corrected chi connectivity index (χ4v) is 1.40. The highest BCUT2D eigenvalue weighted by molar-refractivity contribution is 5.23. The van der Waals surface area contributed by atoms with Crippen LogP contribution in [0.2, 0.25) is 0 Å². The summed E-state index contributed by atoms with van der Waals surface area (Å²) in [5.74, 6) is -0.323. The molecule has 0 amide bonds. The molecule has 0 bridgehead atoms. The maximum atomic E-state index is 13.3. The second-order valence-corrected chi connectivity index (χ2v) is 3.22. The first-order valence-corrected chi connectivity index (χ1v) is 4.37. The van der Waals surface area contributed by atoms with Crippen LogP contribution in [0.1, 0.15) is 18.4 Å². The Balaban J connectivity index is 2.97. The minimum absolute atomic E-state index is 0.0961. The van der Waals surface area contributed by atoms with Crippen LogP contribution in [0.15, 0.2) is 24.3 Å². The highest BCUT2D eigenvalue weighted by Crippen LogP contribution is 2.20. The van der Waals surface area contributed by atoms with Crippen molar-refractivity contribution in [2.75, 3.05) is 6.54 Å². The van der Waals surface area contributed by atoms with Gasteiger partial charge in [-0.2, -0.15) is 0 Å². The third-order valence-corrected chi connectivity index (χ3v) is 2.19. The maximum Gasteiger partial charge on any atom is 0.126 e. The Hall–Kier alpha value is -0.930. The van der Waals surface area contributed by atoms with Gasteiger partial charge in [0.1, 0.15) is 5.82 Å². The number of rotatable bonds is 3. The zero-order valence-electron chi connectivity index (χ0n) is 7.70. The molecule has 3 heteroatoms. The molecule has 1 rings (SSSR count). The predicted octanol–water partition coefficient (Wildman–Crippen LogP) is 1.22. The van der Waals surface area contributed by atoms with Crippen LogP contribution in [0.5, 0.6) is 0 Å². The molecule has 0 aliphatic heterocycles. The fraction of sp³-hybridized carbons (Fsp3) is 0.400. The van der Waals surface area contributed by atoms with Crippen molar-refractivity contribution in [3.63, 3.8) is 0 Å². The molecule has 0 aromatic heterocycles. The minimum Gasteiger partial charge on any atom is -0.330 e. The van der Waals surface area contributed by atoms with Crippen molar-refractivity contribution in [3.05, 3.63) is 35.6 Å². The molecule has 0 saturated carbocycles. The Kier molecular flexibility index (Phi) is 3.39. The number of benzene rings is 1. The molecule has 0 saturated heterocycles. The van der Waals surface area contributed by atoms with E-state index in [2.05, 4.69) is 0 Å². The SMILES string of the molecule is CC(N)C(CN)c1ccccc1F. The van der Waals surface area contributed by atoms with Crippen molar-refractivity contribution in [1.29, 1.82) is 0 Å². The Labute approximate surface area is 77.7 Å². The lowest BCUT2D eigenvalue weighted by Gasteiger charge is -2.19.